The zero-order valence-corrected chi connectivity index (χ0v) is 16.4. The van der Waals surface area contributed by atoms with E-state index in [2.05, 4.69) is 10.6 Å². The molecular formula is C24H22N2O3. The van der Waals surface area contributed by atoms with Gasteiger partial charge < -0.3 is 10.6 Å². The molecule has 2 N–H and O–H groups in total. The van der Waals surface area contributed by atoms with Crippen molar-refractivity contribution in [3.05, 3.63) is 101 Å². The summed E-state index contributed by atoms with van der Waals surface area (Å²) in [6.07, 6.45) is 0. The van der Waals surface area contributed by atoms with Crippen LogP contribution in [-0.2, 0) is 4.79 Å². The van der Waals surface area contributed by atoms with E-state index in [0.717, 1.165) is 16.8 Å². The number of para-hydroxylation sites is 1. The van der Waals surface area contributed by atoms with E-state index in [1.54, 1.807) is 48.5 Å². The Bertz CT molecular complexity index is 1040. The monoisotopic (exact) mass is 386 g/mol. The quantitative estimate of drug-likeness (QED) is 0.631. The summed E-state index contributed by atoms with van der Waals surface area (Å²) < 4.78 is 0. The van der Waals surface area contributed by atoms with Crippen molar-refractivity contribution >= 4 is 23.3 Å². The van der Waals surface area contributed by atoms with Crippen molar-refractivity contribution in [1.82, 2.24) is 5.32 Å². The Morgan fingerprint density at radius 2 is 1.31 bits per heavy atom. The average Bonchev–Trinajstić information content (AvgIpc) is 2.75. The van der Waals surface area contributed by atoms with Crippen LogP contribution in [0.15, 0.2) is 72.8 Å². The van der Waals surface area contributed by atoms with Gasteiger partial charge in [-0.2, -0.15) is 0 Å². The van der Waals surface area contributed by atoms with E-state index in [0.29, 0.717) is 11.1 Å². The van der Waals surface area contributed by atoms with E-state index >= 15 is 0 Å². The van der Waals surface area contributed by atoms with Crippen molar-refractivity contribution in [2.75, 3.05) is 11.9 Å². The molecule has 3 aromatic carbocycles. The minimum absolute atomic E-state index is 0.194. The molecule has 0 radical (unpaired) electrons. The number of aryl methyl sites for hydroxylation is 2. The maximum atomic E-state index is 12.8. The summed E-state index contributed by atoms with van der Waals surface area (Å²) in [6, 6.07) is 21.1. The molecule has 0 fully saturated rings. The molecule has 5 nitrogen and oxygen atoms in total. The largest absolute Gasteiger partial charge is 0.343 e. The Hall–Kier alpha value is -3.73. The molecule has 29 heavy (non-hydrogen) atoms. The first kappa shape index (κ1) is 20.0. The van der Waals surface area contributed by atoms with Gasteiger partial charge in [0, 0.05) is 16.8 Å². The number of amides is 2. The predicted octanol–water partition coefficient (Wildman–Crippen LogP) is 3.90. The molecule has 0 saturated heterocycles. The van der Waals surface area contributed by atoms with Gasteiger partial charge in [-0.05, 0) is 31.0 Å². The first-order valence-corrected chi connectivity index (χ1v) is 9.30. The fraction of sp³-hybridized carbons (Fsp3) is 0.125. The van der Waals surface area contributed by atoms with E-state index in [1.165, 1.54) is 0 Å². The second-order valence-electron chi connectivity index (χ2n) is 6.74. The molecule has 0 heterocycles. The van der Waals surface area contributed by atoms with Gasteiger partial charge in [0.05, 0.1) is 12.1 Å². The summed E-state index contributed by atoms with van der Waals surface area (Å²) >= 11 is 0. The van der Waals surface area contributed by atoms with Crippen LogP contribution in [0.1, 0.15) is 37.4 Å². The average molecular weight is 386 g/mol. The number of nitrogens with one attached hydrogen (secondary N) is 2. The topological polar surface area (TPSA) is 75.3 Å². The van der Waals surface area contributed by atoms with Gasteiger partial charge in [-0.3, -0.25) is 14.4 Å². The van der Waals surface area contributed by atoms with Crippen molar-refractivity contribution in [2.45, 2.75) is 13.8 Å². The Morgan fingerprint density at radius 1 is 0.724 bits per heavy atom. The molecular weight excluding hydrogens is 364 g/mol. The van der Waals surface area contributed by atoms with Gasteiger partial charge in [0.25, 0.3) is 5.91 Å². The Morgan fingerprint density at radius 3 is 1.97 bits per heavy atom. The number of hydrogen-bond donors (Lipinski definition) is 2. The first-order chi connectivity index (χ1) is 14.0. The van der Waals surface area contributed by atoms with Gasteiger partial charge in [-0.25, -0.2) is 0 Å². The van der Waals surface area contributed by atoms with E-state index in [1.807, 2.05) is 38.1 Å². The maximum Gasteiger partial charge on any atom is 0.252 e. The Labute approximate surface area is 169 Å². The highest BCUT2D eigenvalue weighted by Crippen LogP contribution is 2.19. The lowest BCUT2D eigenvalue weighted by Crippen LogP contribution is -2.34. The summed E-state index contributed by atoms with van der Waals surface area (Å²) in [4.78, 5) is 37.7. The minimum Gasteiger partial charge on any atom is -0.343 e. The predicted molar refractivity (Wildman–Crippen MR) is 113 cm³/mol. The van der Waals surface area contributed by atoms with Crippen LogP contribution in [0.25, 0.3) is 0 Å². The summed E-state index contributed by atoms with van der Waals surface area (Å²) in [5.74, 6) is -1.04. The second kappa shape index (κ2) is 8.97. The molecule has 0 aliphatic carbocycles. The highest BCUT2D eigenvalue weighted by molar-refractivity contribution is 6.15. The molecule has 0 bridgehead atoms. The lowest BCUT2D eigenvalue weighted by molar-refractivity contribution is -0.115. The van der Waals surface area contributed by atoms with E-state index < -0.39 is 5.91 Å². The number of hydrogen-bond acceptors (Lipinski definition) is 3. The van der Waals surface area contributed by atoms with Crippen LogP contribution in [0.5, 0.6) is 0 Å². The fourth-order valence-corrected chi connectivity index (χ4v) is 3.08. The van der Waals surface area contributed by atoms with Gasteiger partial charge in [0.1, 0.15) is 0 Å². The third kappa shape index (κ3) is 4.76. The standard InChI is InChI=1S/C24H22N2O3/c1-16-9-8-10-17(2)22(16)26-21(27)15-25-24(29)20-14-7-6-13-19(20)23(28)18-11-4-3-5-12-18/h3-14H,15H2,1-2H3,(H,25,29)(H,26,27). The van der Waals surface area contributed by atoms with Gasteiger partial charge in [0.15, 0.2) is 5.78 Å². The number of carbonyl (C=O) groups excluding carboxylic acids is 3. The van der Waals surface area contributed by atoms with Crippen molar-refractivity contribution in [2.24, 2.45) is 0 Å². The van der Waals surface area contributed by atoms with Crippen molar-refractivity contribution in [1.29, 1.82) is 0 Å². The second-order valence-corrected chi connectivity index (χ2v) is 6.74. The summed E-state index contributed by atoms with van der Waals surface area (Å²) in [5.41, 5.74) is 3.67. The number of carbonyl (C=O) groups is 3. The molecule has 3 rings (SSSR count). The van der Waals surface area contributed by atoms with Crippen LogP contribution >= 0.6 is 0 Å². The van der Waals surface area contributed by atoms with Crippen LogP contribution < -0.4 is 10.6 Å². The molecule has 3 aromatic rings. The summed E-state index contributed by atoms with van der Waals surface area (Å²) in [5, 5.41) is 5.43. The van der Waals surface area contributed by atoms with Gasteiger partial charge >= 0.3 is 0 Å². The summed E-state index contributed by atoms with van der Waals surface area (Å²) in [7, 11) is 0. The molecule has 0 spiro atoms. The zero-order valence-electron chi connectivity index (χ0n) is 16.4. The van der Waals surface area contributed by atoms with Crippen molar-refractivity contribution < 1.29 is 14.4 Å². The van der Waals surface area contributed by atoms with Crippen LogP contribution in [0.2, 0.25) is 0 Å². The SMILES string of the molecule is Cc1cccc(C)c1NC(=O)CNC(=O)c1ccccc1C(=O)c1ccccc1. The Kier molecular flexibility index (Phi) is 6.19. The number of benzene rings is 3. The van der Waals surface area contributed by atoms with Crippen LogP contribution in [0, 0.1) is 13.8 Å². The summed E-state index contributed by atoms with van der Waals surface area (Å²) in [6.45, 7) is 3.62. The van der Waals surface area contributed by atoms with Gasteiger partial charge in [0.2, 0.25) is 5.91 Å². The number of anilines is 1. The molecule has 0 unspecified atom stereocenters. The van der Waals surface area contributed by atoms with Crippen LogP contribution in [-0.4, -0.2) is 24.1 Å². The maximum absolute atomic E-state index is 12.8. The number of rotatable bonds is 6. The molecule has 146 valence electrons. The third-order valence-corrected chi connectivity index (χ3v) is 4.61. The highest BCUT2D eigenvalue weighted by Gasteiger charge is 2.18. The van der Waals surface area contributed by atoms with E-state index in [-0.39, 0.29) is 23.8 Å². The molecule has 0 aliphatic rings. The molecule has 5 heteroatoms. The fourth-order valence-electron chi connectivity index (χ4n) is 3.08. The Balaban J connectivity index is 1.70. The normalized spacial score (nSPS) is 10.3. The van der Waals surface area contributed by atoms with Crippen LogP contribution in [0.3, 0.4) is 0 Å². The molecule has 0 atom stereocenters. The lowest BCUT2D eigenvalue weighted by Gasteiger charge is -2.13. The molecule has 2 amide bonds. The van der Waals surface area contributed by atoms with E-state index in [4.69, 9.17) is 0 Å². The smallest absolute Gasteiger partial charge is 0.252 e. The van der Waals surface area contributed by atoms with Crippen molar-refractivity contribution in [3.8, 4) is 0 Å². The highest BCUT2D eigenvalue weighted by atomic mass is 16.2. The third-order valence-electron chi connectivity index (χ3n) is 4.61. The van der Waals surface area contributed by atoms with Crippen molar-refractivity contribution in [3.63, 3.8) is 0 Å². The van der Waals surface area contributed by atoms with Gasteiger partial charge in [-0.1, -0.05) is 66.7 Å². The van der Waals surface area contributed by atoms with Crippen LogP contribution in [0.4, 0.5) is 5.69 Å². The molecule has 0 aliphatic heterocycles. The molecule has 0 saturated carbocycles. The zero-order chi connectivity index (χ0) is 20.8. The molecule has 0 aromatic heterocycles. The minimum atomic E-state index is -0.471. The lowest BCUT2D eigenvalue weighted by atomic mass is 9.98. The van der Waals surface area contributed by atoms with Gasteiger partial charge in [-0.15, -0.1) is 0 Å². The van der Waals surface area contributed by atoms with E-state index in [9.17, 15) is 14.4 Å². The first-order valence-electron chi connectivity index (χ1n) is 9.30. The number of ketones is 1.